The summed E-state index contributed by atoms with van der Waals surface area (Å²) < 4.78 is 26.6. The topological polar surface area (TPSA) is 104 Å². The maximum absolute atomic E-state index is 12.1. The van der Waals surface area contributed by atoms with Gasteiger partial charge in [-0.25, -0.2) is 17.9 Å². The van der Waals surface area contributed by atoms with Crippen LogP contribution in [-0.2, 0) is 10.0 Å². The molecule has 6 nitrogen and oxygen atoms in total. The third-order valence-corrected chi connectivity index (χ3v) is 6.05. The molecule has 0 aromatic carbocycles. The molecule has 3 N–H and O–H groups in total. The van der Waals surface area contributed by atoms with Crippen LogP contribution >= 0.6 is 11.3 Å². The molecule has 2 atom stereocenters. The van der Waals surface area contributed by atoms with Crippen molar-refractivity contribution in [3.05, 3.63) is 17.0 Å². The van der Waals surface area contributed by atoms with Crippen molar-refractivity contribution in [1.29, 1.82) is 0 Å². The van der Waals surface area contributed by atoms with E-state index in [4.69, 9.17) is 5.11 Å². The van der Waals surface area contributed by atoms with Crippen LogP contribution in [0.3, 0.4) is 0 Å². The fourth-order valence-corrected chi connectivity index (χ4v) is 4.55. The van der Waals surface area contributed by atoms with Gasteiger partial charge in [-0.3, -0.25) is 0 Å². The Balaban J connectivity index is 2.15. The minimum atomic E-state index is -3.76. The third kappa shape index (κ3) is 3.33. The van der Waals surface area contributed by atoms with Gasteiger partial charge in [0, 0.05) is 11.4 Å². The number of aliphatic hydroxyl groups is 1. The van der Waals surface area contributed by atoms with Crippen LogP contribution in [0.5, 0.6) is 0 Å². The zero-order valence-corrected chi connectivity index (χ0v) is 11.7. The van der Waals surface area contributed by atoms with Crippen LogP contribution < -0.4 is 4.72 Å². The lowest BCUT2D eigenvalue weighted by Crippen LogP contribution is -2.44. The number of sulfonamides is 1. The van der Waals surface area contributed by atoms with E-state index >= 15 is 0 Å². The van der Waals surface area contributed by atoms with Gasteiger partial charge in [0.25, 0.3) is 0 Å². The Morgan fingerprint density at radius 2 is 2.05 bits per heavy atom. The van der Waals surface area contributed by atoms with Gasteiger partial charge < -0.3 is 10.2 Å². The highest BCUT2D eigenvalue weighted by Gasteiger charge is 2.29. The molecule has 1 fully saturated rings. The summed E-state index contributed by atoms with van der Waals surface area (Å²) in [6.07, 6.45) is 2.26. The first kappa shape index (κ1) is 14.4. The van der Waals surface area contributed by atoms with Crippen molar-refractivity contribution in [3.8, 4) is 0 Å². The zero-order chi connectivity index (χ0) is 14.0. The summed E-state index contributed by atoms with van der Waals surface area (Å²) in [5.74, 6) is -1.16. The van der Waals surface area contributed by atoms with Gasteiger partial charge in [-0.15, -0.1) is 11.3 Å². The molecular formula is C11H15NO5S2. The van der Waals surface area contributed by atoms with Gasteiger partial charge in [0.1, 0.15) is 4.21 Å². The van der Waals surface area contributed by atoms with Crippen molar-refractivity contribution in [1.82, 2.24) is 4.72 Å². The second kappa shape index (κ2) is 5.58. The molecule has 0 amide bonds. The Bertz CT molecular complexity index is 565. The predicted molar refractivity (Wildman–Crippen MR) is 69.9 cm³/mol. The van der Waals surface area contributed by atoms with E-state index in [0.29, 0.717) is 12.8 Å². The lowest BCUT2D eigenvalue weighted by molar-refractivity contribution is 0.0697. The molecule has 106 valence electrons. The standard InChI is InChI=1S/C11H15NO5S2/c13-9-4-2-1-3-8(9)12-19(16,17)10-5-7(6-18-10)11(14)15/h5-6,8-9,12-13H,1-4H2,(H,14,15)/t8-,9-/m0/s1. The van der Waals surface area contributed by atoms with E-state index in [9.17, 15) is 18.3 Å². The number of nitrogens with one attached hydrogen (secondary N) is 1. The van der Waals surface area contributed by atoms with E-state index < -0.39 is 28.1 Å². The number of carboxylic acids is 1. The van der Waals surface area contributed by atoms with Crippen molar-refractivity contribution >= 4 is 27.3 Å². The predicted octanol–water partition coefficient (Wildman–Crippen LogP) is 1.03. The van der Waals surface area contributed by atoms with Crippen molar-refractivity contribution in [3.63, 3.8) is 0 Å². The van der Waals surface area contributed by atoms with Gasteiger partial charge in [0.15, 0.2) is 0 Å². The molecule has 0 unspecified atom stereocenters. The number of hydrogen-bond acceptors (Lipinski definition) is 5. The van der Waals surface area contributed by atoms with E-state index in [1.54, 1.807) is 0 Å². The monoisotopic (exact) mass is 305 g/mol. The molecule has 19 heavy (non-hydrogen) atoms. The number of thiophene rings is 1. The van der Waals surface area contributed by atoms with E-state index in [0.717, 1.165) is 30.2 Å². The normalized spacial score (nSPS) is 24.3. The van der Waals surface area contributed by atoms with Gasteiger partial charge in [0.05, 0.1) is 11.7 Å². The lowest BCUT2D eigenvalue weighted by atomic mass is 9.93. The minimum Gasteiger partial charge on any atom is -0.478 e. The van der Waals surface area contributed by atoms with E-state index in [-0.39, 0.29) is 9.77 Å². The molecule has 1 aromatic rings. The van der Waals surface area contributed by atoms with Crippen LogP contribution in [-0.4, -0.2) is 36.7 Å². The first-order chi connectivity index (χ1) is 8.90. The van der Waals surface area contributed by atoms with E-state index in [1.807, 2.05) is 0 Å². The van der Waals surface area contributed by atoms with Crippen LogP contribution in [0, 0.1) is 0 Å². The molecule has 0 bridgehead atoms. The number of aliphatic hydroxyl groups excluding tert-OH is 1. The molecule has 1 saturated carbocycles. The number of carbonyl (C=O) groups is 1. The van der Waals surface area contributed by atoms with Crippen molar-refractivity contribution < 1.29 is 23.4 Å². The Morgan fingerprint density at radius 3 is 2.63 bits per heavy atom. The maximum Gasteiger partial charge on any atom is 0.336 e. The molecule has 2 rings (SSSR count). The highest BCUT2D eigenvalue weighted by atomic mass is 32.2. The average molecular weight is 305 g/mol. The Kier molecular flexibility index (Phi) is 4.24. The molecule has 1 aromatic heterocycles. The Morgan fingerprint density at radius 1 is 1.37 bits per heavy atom. The van der Waals surface area contributed by atoms with Gasteiger partial charge in [-0.1, -0.05) is 12.8 Å². The van der Waals surface area contributed by atoms with Crippen LogP contribution in [0.4, 0.5) is 0 Å². The summed E-state index contributed by atoms with van der Waals surface area (Å²) in [5, 5.41) is 19.8. The molecule has 0 radical (unpaired) electrons. The maximum atomic E-state index is 12.1. The van der Waals surface area contributed by atoms with Crippen LogP contribution in [0.25, 0.3) is 0 Å². The zero-order valence-electron chi connectivity index (χ0n) is 10.1. The smallest absolute Gasteiger partial charge is 0.336 e. The van der Waals surface area contributed by atoms with Gasteiger partial charge >= 0.3 is 5.97 Å². The minimum absolute atomic E-state index is 0.0392. The van der Waals surface area contributed by atoms with E-state index in [1.165, 1.54) is 5.38 Å². The second-order valence-electron chi connectivity index (χ2n) is 4.54. The molecule has 0 spiro atoms. The molecule has 0 saturated heterocycles. The highest BCUT2D eigenvalue weighted by Crippen LogP contribution is 2.24. The fourth-order valence-electron chi connectivity index (χ4n) is 2.08. The molecule has 0 aliphatic heterocycles. The number of carboxylic acid groups (broad SMARTS) is 1. The summed E-state index contributed by atoms with van der Waals surface area (Å²) >= 11 is 0.862. The van der Waals surface area contributed by atoms with Crippen molar-refractivity contribution in [2.45, 2.75) is 42.0 Å². The molecule has 1 heterocycles. The summed E-state index contributed by atoms with van der Waals surface area (Å²) in [4.78, 5) is 10.7. The molecule has 1 aliphatic rings. The van der Waals surface area contributed by atoms with Gasteiger partial charge in [-0.05, 0) is 18.9 Å². The van der Waals surface area contributed by atoms with Gasteiger partial charge in [0.2, 0.25) is 10.0 Å². The molecule has 1 aliphatic carbocycles. The molecule has 8 heteroatoms. The van der Waals surface area contributed by atoms with Crippen LogP contribution in [0.1, 0.15) is 36.0 Å². The Hall–Kier alpha value is -0.960. The number of hydrogen-bond donors (Lipinski definition) is 3. The molecular weight excluding hydrogens is 290 g/mol. The third-order valence-electron chi connectivity index (χ3n) is 3.12. The summed E-state index contributed by atoms with van der Waals surface area (Å²) in [7, 11) is -3.76. The van der Waals surface area contributed by atoms with Gasteiger partial charge in [-0.2, -0.15) is 0 Å². The SMILES string of the molecule is O=C(O)c1csc(S(=O)(=O)N[C@H]2CCCC[C@@H]2O)c1. The number of rotatable bonds is 4. The first-order valence-electron chi connectivity index (χ1n) is 5.92. The van der Waals surface area contributed by atoms with Crippen LogP contribution in [0.15, 0.2) is 15.7 Å². The highest BCUT2D eigenvalue weighted by molar-refractivity contribution is 7.91. The fraction of sp³-hybridized carbons (Fsp3) is 0.545. The quantitative estimate of drug-likeness (QED) is 0.770. The van der Waals surface area contributed by atoms with Crippen molar-refractivity contribution in [2.24, 2.45) is 0 Å². The largest absolute Gasteiger partial charge is 0.478 e. The summed E-state index contributed by atoms with van der Waals surface area (Å²) in [6, 6.07) is 0.638. The van der Waals surface area contributed by atoms with Crippen LogP contribution in [0.2, 0.25) is 0 Å². The summed E-state index contributed by atoms with van der Waals surface area (Å²) in [6.45, 7) is 0. The second-order valence-corrected chi connectivity index (χ2v) is 7.39. The lowest BCUT2D eigenvalue weighted by Gasteiger charge is -2.27. The number of aromatic carboxylic acids is 1. The average Bonchev–Trinajstić information content (AvgIpc) is 2.82. The van der Waals surface area contributed by atoms with Crippen molar-refractivity contribution in [2.75, 3.05) is 0 Å². The Labute approximate surface area is 115 Å². The first-order valence-corrected chi connectivity index (χ1v) is 8.28. The van der Waals surface area contributed by atoms with E-state index in [2.05, 4.69) is 4.72 Å². The summed E-state index contributed by atoms with van der Waals surface area (Å²) in [5.41, 5.74) is -0.0467.